The lowest BCUT2D eigenvalue weighted by Crippen LogP contribution is -2.30. The SMILES string of the molecule is COc1cccc(C(CNC(=O)c2c(C)oc3ncn(C)c(=O)c23)c2c[nH]c3ccccc23)c1OC. The summed E-state index contributed by atoms with van der Waals surface area (Å²) in [6.45, 7) is 1.88. The van der Waals surface area contributed by atoms with Crippen LogP contribution in [0, 0.1) is 6.92 Å². The fourth-order valence-corrected chi connectivity index (χ4v) is 4.70. The minimum absolute atomic E-state index is 0.142. The maximum atomic E-state index is 13.4. The number of hydrogen-bond donors (Lipinski definition) is 2. The Bertz CT molecular complexity index is 1650. The van der Waals surface area contributed by atoms with Gasteiger partial charge in [-0.25, -0.2) is 4.98 Å². The second-order valence-corrected chi connectivity index (χ2v) is 8.51. The average molecular weight is 487 g/mol. The second-order valence-electron chi connectivity index (χ2n) is 8.51. The molecule has 5 rings (SSSR count). The molecule has 1 unspecified atom stereocenters. The minimum atomic E-state index is -0.414. The number of methoxy groups -OCH3 is 2. The van der Waals surface area contributed by atoms with Crippen LogP contribution in [0.3, 0.4) is 0 Å². The predicted octanol–water partition coefficient (Wildman–Crippen LogP) is 3.90. The van der Waals surface area contributed by atoms with Crippen molar-refractivity contribution in [2.75, 3.05) is 20.8 Å². The zero-order valence-corrected chi connectivity index (χ0v) is 20.4. The van der Waals surface area contributed by atoms with Crippen molar-refractivity contribution >= 4 is 27.9 Å². The number of fused-ring (bicyclic) bond motifs is 2. The van der Waals surface area contributed by atoms with Gasteiger partial charge in [-0.1, -0.05) is 30.3 Å². The zero-order chi connectivity index (χ0) is 25.4. The van der Waals surface area contributed by atoms with E-state index in [9.17, 15) is 9.59 Å². The van der Waals surface area contributed by atoms with Crippen LogP contribution < -0.4 is 20.3 Å². The van der Waals surface area contributed by atoms with E-state index in [0.717, 1.165) is 22.0 Å². The van der Waals surface area contributed by atoms with Crippen LogP contribution in [0.5, 0.6) is 11.5 Å². The van der Waals surface area contributed by atoms with Crippen LogP contribution in [0.2, 0.25) is 0 Å². The number of aromatic amines is 1. The standard InChI is InChI=1S/C27H26N4O5/c1-15-22(23-26(36-15)30-14-31(2)27(23)33)25(32)29-13-19(17-9-7-11-21(34-3)24(17)35-4)18-12-28-20-10-6-5-8-16(18)20/h5-12,14,19,28H,13H2,1-4H3,(H,29,32). The fourth-order valence-electron chi connectivity index (χ4n) is 4.70. The van der Waals surface area contributed by atoms with E-state index < -0.39 is 5.91 Å². The Kier molecular flexibility index (Phi) is 5.97. The summed E-state index contributed by atoms with van der Waals surface area (Å²) in [5.41, 5.74) is 2.82. The molecule has 36 heavy (non-hydrogen) atoms. The number of carbonyl (C=O) groups excluding carboxylic acids is 1. The number of amides is 1. The Morgan fingerprint density at radius 1 is 1.14 bits per heavy atom. The van der Waals surface area contributed by atoms with Gasteiger partial charge in [0.05, 0.1) is 19.8 Å². The zero-order valence-electron chi connectivity index (χ0n) is 20.4. The van der Waals surface area contributed by atoms with Gasteiger partial charge in [0.15, 0.2) is 11.5 Å². The van der Waals surface area contributed by atoms with E-state index in [-0.39, 0.29) is 34.7 Å². The third-order valence-electron chi connectivity index (χ3n) is 6.45. The van der Waals surface area contributed by atoms with Gasteiger partial charge in [-0.3, -0.25) is 9.59 Å². The van der Waals surface area contributed by atoms with Crippen molar-refractivity contribution in [2.45, 2.75) is 12.8 Å². The lowest BCUT2D eigenvalue weighted by molar-refractivity contribution is 0.0952. The predicted molar refractivity (Wildman–Crippen MR) is 136 cm³/mol. The van der Waals surface area contributed by atoms with E-state index in [0.29, 0.717) is 17.3 Å². The van der Waals surface area contributed by atoms with Gasteiger partial charge in [0, 0.05) is 42.2 Å². The summed E-state index contributed by atoms with van der Waals surface area (Å²) in [6.07, 6.45) is 3.32. The molecule has 0 bridgehead atoms. The molecule has 3 aromatic heterocycles. The molecule has 3 heterocycles. The summed E-state index contributed by atoms with van der Waals surface area (Å²) >= 11 is 0. The van der Waals surface area contributed by atoms with E-state index in [2.05, 4.69) is 15.3 Å². The normalized spacial score (nSPS) is 12.1. The van der Waals surface area contributed by atoms with Crippen LogP contribution in [0.4, 0.5) is 0 Å². The molecule has 5 aromatic rings. The maximum Gasteiger partial charge on any atom is 0.265 e. The number of aryl methyl sites for hydroxylation is 2. The molecule has 0 aliphatic carbocycles. The molecule has 1 atom stereocenters. The van der Waals surface area contributed by atoms with Gasteiger partial charge in [0.25, 0.3) is 11.5 Å². The molecule has 0 radical (unpaired) electrons. The lowest BCUT2D eigenvalue weighted by atomic mass is 9.89. The van der Waals surface area contributed by atoms with Crippen LogP contribution in [0.15, 0.2) is 64.2 Å². The fraction of sp³-hybridized carbons (Fsp3) is 0.222. The molecular formula is C27H26N4O5. The molecule has 0 saturated carbocycles. The van der Waals surface area contributed by atoms with E-state index in [4.69, 9.17) is 13.9 Å². The Labute approximate surface area is 206 Å². The Hall–Kier alpha value is -4.53. The van der Waals surface area contributed by atoms with Gasteiger partial charge in [-0.05, 0) is 24.6 Å². The first kappa shape index (κ1) is 23.2. The summed E-state index contributed by atoms with van der Waals surface area (Å²) in [5.74, 6) is 0.823. The van der Waals surface area contributed by atoms with E-state index in [1.54, 1.807) is 28.2 Å². The minimum Gasteiger partial charge on any atom is -0.493 e. The number of hydrogen-bond acceptors (Lipinski definition) is 6. The number of H-pyrrole nitrogens is 1. The molecule has 2 N–H and O–H groups in total. The molecule has 0 aliphatic rings. The van der Waals surface area contributed by atoms with Crippen LogP contribution in [0.25, 0.3) is 22.0 Å². The highest BCUT2D eigenvalue weighted by Gasteiger charge is 2.27. The average Bonchev–Trinajstić information content (AvgIpc) is 3.47. The monoisotopic (exact) mass is 486 g/mol. The molecule has 0 aliphatic heterocycles. The number of para-hydroxylation sites is 2. The van der Waals surface area contributed by atoms with Crippen LogP contribution in [-0.4, -0.2) is 41.2 Å². The van der Waals surface area contributed by atoms with E-state index in [1.807, 2.05) is 48.7 Å². The van der Waals surface area contributed by atoms with Gasteiger partial charge >= 0.3 is 0 Å². The molecule has 0 spiro atoms. The summed E-state index contributed by atoms with van der Waals surface area (Å²) in [6, 6.07) is 13.7. The smallest absolute Gasteiger partial charge is 0.265 e. The molecule has 0 saturated heterocycles. The quantitative estimate of drug-likeness (QED) is 0.361. The Morgan fingerprint density at radius 2 is 1.94 bits per heavy atom. The highest BCUT2D eigenvalue weighted by atomic mass is 16.5. The van der Waals surface area contributed by atoms with E-state index >= 15 is 0 Å². The van der Waals surface area contributed by atoms with Crippen LogP contribution in [-0.2, 0) is 7.05 Å². The maximum absolute atomic E-state index is 13.4. The lowest BCUT2D eigenvalue weighted by Gasteiger charge is -2.22. The molecule has 9 nitrogen and oxygen atoms in total. The van der Waals surface area contributed by atoms with Gasteiger partial charge < -0.3 is 28.8 Å². The third-order valence-corrected chi connectivity index (χ3v) is 6.45. The summed E-state index contributed by atoms with van der Waals surface area (Å²) in [5, 5.41) is 4.22. The topological polar surface area (TPSA) is 111 Å². The van der Waals surface area contributed by atoms with Crippen LogP contribution >= 0.6 is 0 Å². The summed E-state index contributed by atoms with van der Waals surface area (Å²) < 4.78 is 18.2. The Balaban J connectivity index is 1.58. The second kappa shape index (κ2) is 9.26. The molecule has 9 heteroatoms. The number of nitrogens with one attached hydrogen (secondary N) is 2. The first-order valence-corrected chi connectivity index (χ1v) is 11.4. The van der Waals surface area contributed by atoms with Crippen molar-refractivity contribution in [1.29, 1.82) is 0 Å². The van der Waals surface area contributed by atoms with Crippen molar-refractivity contribution in [1.82, 2.24) is 19.9 Å². The molecule has 0 fully saturated rings. The summed E-state index contributed by atoms with van der Waals surface area (Å²) in [4.78, 5) is 33.7. The van der Waals surface area contributed by atoms with Gasteiger partial charge in [-0.15, -0.1) is 0 Å². The van der Waals surface area contributed by atoms with Crippen molar-refractivity contribution in [3.05, 3.63) is 87.8 Å². The number of furan rings is 1. The third kappa shape index (κ3) is 3.78. The number of aromatic nitrogens is 3. The first-order valence-electron chi connectivity index (χ1n) is 11.4. The van der Waals surface area contributed by atoms with E-state index in [1.165, 1.54) is 10.9 Å². The van der Waals surface area contributed by atoms with Crippen molar-refractivity contribution in [2.24, 2.45) is 7.05 Å². The largest absolute Gasteiger partial charge is 0.493 e. The number of ether oxygens (including phenoxy) is 2. The van der Waals surface area contributed by atoms with Crippen molar-refractivity contribution in [3.8, 4) is 11.5 Å². The first-order chi connectivity index (χ1) is 17.4. The molecule has 2 aromatic carbocycles. The van der Waals surface area contributed by atoms with Gasteiger partial charge in [0.1, 0.15) is 17.5 Å². The van der Waals surface area contributed by atoms with Crippen LogP contribution in [0.1, 0.15) is 33.2 Å². The number of nitrogens with zero attached hydrogens (tertiary/aromatic N) is 2. The number of carbonyl (C=O) groups is 1. The molecule has 184 valence electrons. The molecule has 1 amide bonds. The number of rotatable bonds is 7. The van der Waals surface area contributed by atoms with Crippen molar-refractivity contribution < 1.29 is 18.7 Å². The Morgan fingerprint density at radius 3 is 2.72 bits per heavy atom. The summed E-state index contributed by atoms with van der Waals surface area (Å²) in [7, 11) is 4.77. The number of benzene rings is 2. The highest BCUT2D eigenvalue weighted by Crippen LogP contribution is 2.40. The van der Waals surface area contributed by atoms with Crippen molar-refractivity contribution in [3.63, 3.8) is 0 Å². The van der Waals surface area contributed by atoms with Gasteiger partial charge in [0.2, 0.25) is 5.71 Å². The highest BCUT2D eigenvalue weighted by molar-refractivity contribution is 6.06. The van der Waals surface area contributed by atoms with Gasteiger partial charge in [-0.2, -0.15) is 0 Å². The molecular weight excluding hydrogens is 460 g/mol.